The molecule has 62 heavy (non-hydrogen) atoms. The van der Waals surface area contributed by atoms with Crippen LogP contribution in [0.3, 0.4) is 0 Å². The number of nitrogens with zero attached hydrogens (tertiary/aromatic N) is 4. The van der Waals surface area contributed by atoms with Crippen molar-refractivity contribution < 1.29 is 8.83 Å². The summed E-state index contributed by atoms with van der Waals surface area (Å²) in [6, 6.07) is 59.2. The average molecular weight is 793 g/mol. The first-order valence-corrected chi connectivity index (χ1v) is 20.9. The fourth-order valence-corrected chi connectivity index (χ4v) is 10.3. The number of hydrogen-bond acceptors (Lipinski definition) is 4. The van der Waals surface area contributed by atoms with Crippen molar-refractivity contribution in [1.29, 1.82) is 10.5 Å². The topological polar surface area (TPSA) is 83.7 Å². The molecule has 0 saturated heterocycles. The number of rotatable bonds is 4. The van der Waals surface area contributed by atoms with Gasteiger partial charge in [-0.15, -0.1) is 0 Å². The first-order chi connectivity index (χ1) is 30.7. The van der Waals surface area contributed by atoms with Crippen molar-refractivity contribution in [2.75, 3.05) is 0 Å². The molecule has 0 spiro atoms. The fourth-order valence-electron chi connectivity index (χ4n) is 10.3. The van der Waals surface area contributed by atoms with Gasteiger partial charge in [-0.2, -0.15) is 10.5 Å². The minimum atomic E-state index is 0.455. The lowest BCUT2D eigenvalue weighted by atomic mass is 9.85. The average Bonchev–Trinajstić information content (AvgIpc) is 4.08. The van der Waals surface area contributed by atoms with Gasteiger partial charge in [0, 0.05) is 54.5 Å². The quantitative estimate of drug-likeness (QED) is 0.178. The summed E-state index contributed by atoms with van der Waals surface area (Å²) in [6.07, 6.45) is 6.19. The van der Waals surface area contributed by atoms with Gasteiger partial charge in [0.15, 0.2) is 0 Å². The first-order valence-electron chi connectivity index (χ1n) is 20.9. The van der Waals surface area contributed by atoms with Gasteiger partial charge < -0.3 is 18.0 Å². The highest BCUT2D eigenvalue weighted by Gasteiger charge is 2.33. The van der Waals surface area contributed by atoms with Crippen LogP contribution < -0.4 is 0 Å². The zero-order valence-corrected chi connectivity index (χ0v) is 33.2. The lowest BCUT2D eigenvalue weighted by Crippen LogP contribution is -2.12. The van der Waals surface area contributed by atoms with Crippen LogP contribution in [-0.2, 0) is 6.42 Å². The highest BCUT2D eigenvalue weighted by atomic mass is 16.3. The van der Waals surface area contributed by atoms with Crippen LogP contribution in [0.25, 0.3) is 116 Å². The van der Waals surface area contributed by atoms with E-state index in [0.717, 1.165) is 106 Å². The number of aromatic nitrogens is 2. The van der Waals surface area contributed by atoms with E-state index in [2.05, 4.69) is 118 Å². The minimum absolute atomic E-state index is 0.455. The molecule has 0 aliphatic heterocycles. The van der Waals surface area contributed by atoms with Gasteiger partial charge in [-0.05, 0) is 90.2 Å². The SMILES string of the molecule is N#Cc1c(-c2ccc3oc4ccccc4c3c2)c(-n2c3ccccc3c3ccccc32)c(C#N)c(-c2ccc3oc4ccccc4c3c2)c1-n1c2c(c3ccccc31)CCC=C2. The highest BCUT2D eigenvalue weighted by molar-refractivity contribution is 6.13. The van der Waals surface area contributed by atoms with E-state index >= 15 is 0 Å². The molecule has 0 unspecified atom stereocenters. The van der Waals surface area contributed by atoms with Crippen LogP contribution in [-0.4, -0.2) is 9.13 Å². The Hall–Kier alpha value is -8.58. The number of furan rings is 2. The van der Waals surface area contributed by atoms with Gasteiger partial charge in [-0.3, -0.25) is 0 Å². The molecule has 288 valence electrons. The second kappa shape index (κ2) is 13.0. The normalized spacial score (nSPS) is 12.6. The molecule has 6 heteroatoms. The van der Waals surface area contributed by atoms with Gasteiger partial charge in [0.2, 0.25) is 0 Å². The third-order valence-corrected chi connectivity index (χ3v) is 12.9. The zero-order valence-electron chi connectivity index (χ0n) is 33.2. The van der Waals surface area contributed by atoms with Gasteiger partial charge in [0.05, 0.1) is 39.1 Å². The van der Waals surface area contributed by atoms with Crippen LogP contribution in [0.4, 0.5) is 0 Å². The van der Waals surface area contributed by atoms with Crippen molar-refractivity contribution in [1.82, 2.24) is 9.13 Å². The number of benzene rings is 8. The molecule has 0 amide bonds. The largest absolute Gasteiger partial charge is 0.456 e. The van der Waals surface area contributed by atoms with E-state index in [4.69, 9.17) is 8.83 Å². The number of aryl methyl sites for hydroxylation is 1. The Labute approximate surface area is 354 Å². The summed E-state index contributed by atoms with van der Waals surface area (Å²) in [5.41, 5.74) is 13.4. The van der Waals surface area contributed by atoms with E-state index < -0.39 is 0 Å². The molecular weight excluding hydrogens is 761 g/mol. The maximum Gasteiger partial charge on any atom is 0.135 e. The van der Waals surface area contributed by atoms with Crippen molar-refractivity contribution in [3.05, 3.63) is 186 Å². The van der Waals surface area contributed by atoms with Crippen LogP contribution in [0.2, 0.25) is 0 Å². The molecule has 4 heterocycles. The number of para-hydroxylation sites is 5. The van der Waals surface area contributed by atoms with Gasteiger partial charge in [0.25, 0.3) is 0 Å². The molecule has 0 bridgehead atoms. The molecule has 4 aromatic heterocycles. The smallest absolute Gasteiger partial charge is 0.135 e. The molecular formula is C56H32N4O2. The highest BCUT2D eigenvalue weighted by Crippen LogP contribution is 2.50. The Balaban J connectivity index is 1.29. The summed E-state index contributed by atoms with van der Waals surface area (Å²) >= 11 is 0. The summed E-state index contributed by atoms with van der Waals surface area (Å²) in [5, 5.41) is 31.2. The molecule has 12 aromatic rings. The molecule has 0 radical (unpaired) electrons. The Bertz CT molecular complexity index is 3970. The van der Waals surface area contributed by atoms with Crippen molar-refractivity contribution in [2.24, 2.45) is 0 Å². The van der Waals surface area contributed by atoms with Crippen molar-refractivity contribution in [3.63, 3.8) is 0 Å². The standard InChI is InChI=1S/C56H32N4O2/c57-31-43-54(34-26-28-52-42(30-34)40-18-6-12-24-50(40)62-52)56(60-47-21-9-3-15-37(47)38-16-4-10-22-48(38)60)44(32-58)53(33-25-27-51-41(29-33)39-17-5-11-23-49(39)61-51)55(43)59-45-19-7-1-13-35(45)36-14-2-8-20-46(36)59/h1-3,5-15,17-30H,4,16H2. The fraction of sp³-hybridized carbons (Fsp3) is 0.0357. The molecule has 6 nitrogen and oxygen atoms in total. The summed E-state index contributed by atoms with van der Waals surface area (Å²) in [7, 11) is 0. The molecule has 8 aromatic carbocycles. The predicted octanol–water partition coefficient (Wildman–Crippen LogP) is 14.6. The minimum Gasteiger partial charge on any atom is -0.456 e. The maximum atomic E-state index is 12.0. The number of allylic oxidation sites excluding steroid dienone is 1. The number of hydrogen-bond donors (Lipinski definition) is 0. The van der Waals surface area contributed by atoms with Crippen molar-refractivity contribution in [2.45, 2.75) is 12.8 Å². The molecule has 13 rings (SSSR count). The van der Waals surface area contributed by atoms with Gasteiger partial charge >= 0.3 is 0 Å². The number of fused-ring (bicyclic) bond motifs is 12. The lowest BCUT2D eigenvalue weighted by molar-refractivity contribution is 0.668. The third kappa shape index (κ3) is 4.66. The zero-order chi connectivity index (χ0) is 41.1. The predicted molar refractivity (Wildman–Crippen MR) is 250 cm³/mol. The number of nitriles is 2. The third-order valence-electron chi connectivity index (χ3n) is 12.9. The summed E-state index contributed by atoms with van der Waals surface area (Å²) in [6.45, 7) is 0. The molecule has 0 N–H and O–H groups in total. The second-order valence-corrected chi connectivity index (χ2v) is 16.1. The van der Waals surface area contributed by atoms with Crippen LogP contribution in [0.5, 0.6) is 0 Å². The maximum absolute atomic E-state index is 12.0. The molecule has 1 aliphatic carbocycles. The van der Waals surface area contributed by atoms with Crippen LogP contribution in [0.1, 0.15) is 28.8 Å². The van der Waals surface area contributed by atoms with Gasteiger partial charge in [-0.25, -0.2) is 0 Å². The van der Waals surface area contributed by atoms with E-state index in [1.165, 1.54) is 5.56 Å². The van der Waals surface area contributed by atoms with E-state index in [9.17, 15) is 10.5 Å². The molecule has 0 fully saturated rings. The summed E-state index contributed by atoms with van der Waals surface area (Å²) < 4.78 is 17.2. The van der Waals surface area contributed by atoms with E-state index in [-0.39, 0.29) is 0 Å². The van der Waals surface area contributed by atoms with Gasteiger partial charge in [0.1, 0.15) is 34.5 Å². The lowest BCUT2D eigenvalue weighted by Gasteiger charge is -2.26. The Morgan fingerprint density at radius 2 is 0.871 bits per heavy atom. The van der Waals surface area contributed by atoms with Crippen LogP contribution in [0.15, 0.2) is 173 Å². The van der Waals surface area contributed by atoms with E-state index in [0.29, 0.717) is 33.6 Å². The van der Waals surface area contributed by atoms with Crippen LogP contribution >= 0.6 is 0 Å². The van der Waals surface area contributed by atoms with Crippen molar-refractivity contribution in [3.8, 4) is 45.8 Å². The Kier molecular flexibility index (Phi) is 7.17. The molecule has 0 saturated carbocycles. The van der Waals surface area contributed by atoms with E-state index in [1.54, 1.807) is 0 Å². The second-order valence-electron chi connectivity index (χ2n) is 16.1. The molecule has 1 aliphatic rings. The summed E-state index contributed by atoms with van der Waals surface area (Å²) in [5.74, 6) is 0. The Morgan fingerprint density at radius 3 is 1.40 bits per heavy atom. The first kappa shape index (κ1) is 34.3. The van der Waals surface area contributed by atoms with E-state index in [1.807, 2.05) is 72.8 Å². The Morgan fingerprint density at radius 1 is 0.435 bits per heavy atom. The van der Waals surface area contributed by atoms with Gasteiger partial charge in [-0.1, -0.05) is 109 Å². The molecule has 0 atom stereocenters. The summed E-state index contributed by atoms with van der Waals surface area (Å²) in [4.78, 5) is 0. The monoisotopic (exact) mass is 792 g/mol. The van der Waals surface area contributed by atoms with Crippen molar-refractivity contribution >= 4 is 82.7 Å². The van der Waals surface area contributed by atoms with Crippen LogP contribution in [0, 0.1) is 22.7 Å².